The summed E-state index contributed by atoms with van der Waals surface area (Å²) in [7, 11) is 0. The largest absolute Gasteiger partial charge is 0.271 e. The second-order valence-corrected chi connectivity index (χ2v) is 3.26. The van der Waals surface area contributed by atoms with Gasteiger partial charge in [-0.05, 0) is 18.8 Å². The maximum Gasteiger partial charge on any atom is 0.0785 e. The monoisotopic (exact) mass is 156 g/mol. The van der Waals surface area contributed by atoms with E-state index in [-0.39, 0.29) is 0 Å². The highest BCUT2D eigenvalue weighted by molar-refractivity contribution is 6.30. The van der Waals surface area contributed by atoms with Crippen molar-refractivity contribution in [3.05, 3.63) is 17.4 Å². The Bertz CT molecular complexity index is 227. The van der Waals surface area contributed by atoms with Gasteiger partial charge in [0.2, 0.25) is 0 Å². The van der Waals surface area contributed by atoms with Crippen molar-refractivity contribution in [2.75, 3.05) is 0 Å². The first-order valence-electron chi connectivity index (χ1n) is 3.52. The van der Waals surface area contributed by atoms with E-state index in [9.17, 15) is 0 Å². The lowest BCUT2D eigenvalue weighted by molar-refractivity contribution is 0.563. The Morgan fingerprint density at radius 1 is 1.70 bits per heavy atom. The first-order valence-corrected chi connectivity index (χ1v) is 3.90. The molecule has 1 saturated carbocycles. The summed E-state index contributed by atoms with van der Waals surface area (Å²) in [5, 5.41) is 4.82. The van der Waals surface area contributed by atoms with Crippen molar-refractivity contribution >= 4 is 11.6 Å². The van der Waals surface area contributed by atoms with Gasteiger partial charge in [-0.2, -0.15) is 5.10 Å². The first kappa shape index (κ1) is 6.23. The van der Waals surface area contributed by atoms with Crippen molar-refractivity contribution in [2.24, 2.45) is 5.92 Å². The van der Waals surface area contributed by atoms with Crippen LogP contribution in [-0.2, 0) is 6.54 Å². The minimum Gasteiger partial charge on any atom is -0.271 e. The third-order valence-corrected chi connectivity index (χ3v) is 1.94. The van der Waals surface area contributed by atoms with Gasteiger partial charge in [-0.25, -0.2) is 0 Å². The average Bonchev–Trinajstić information content (AvgIpc) is 2.59. The van der Waals surface area contributed by atoms with Crippen LogP contribution in [0.1, 0.15) is 12.8 Å². The quantitative estimate of drug-likeness (QED) is 0.640. The number of halogens is 1. The van der Waals surface area contributed by atoms with Crippen molar-refractivity contribution in [1.29, 1.82) is 0 Å². The molecule has 1 aliphatic carbocycles. The Balaban J connectivity index is 2.03. The van der Waals surface area contributed by atoms with Crippen LogP contribution in [0.5, 0.6) is 0 Å². The van der Waals surface area contributed by atoms with E-state index in [1.54, 1.807) is 6.20 Å². The predicted octanol–water partition coefficient (Wildman–Crippen LogP) is 1.95. The fraction of sp³-hybridized carbons (Fsp3) is 0.571. The van der Waals surface area contributed by atoms with E-state index in [4.69, 9.17) is 11.6 Å². The van der Waals surface area contributed by atoms with Gasteiger partial charge in [0.25, 0.3) is 0 Å². The third-order valence-electron chi connectivity index (χ3n) is 1.74. The van der Waals surface area contributed by atoms with Crippen LogP contribution in [0.2, 0.25) is 5.02 Å². The fourth-order valence-corrected chi connectivity index (χ4v) is 1.16. The van der Waals surface area contributed by atoms with Gasteiger partial charge >= 0.3 is 0 Å². The molecule has 54 valence electrons. The van der Waals surface area contributed by atoms with Crippen LogP contribution in [0, 0.1) is 5.92 Å². The average molecular weight is 157 g/mol. The zero-order chi connectivity index (χ0) is 6.97. The molecule has 1 aliphatic rings. The summed E-state index contributed by atoms with van der Waals surface area (Å²) >= 11 is 5.68. The molecule has 0 amide bonds. The van der Waals surface area contributed by atoms with Gasteiger partial charge in [0.15, 0.2) is 0 Å². The van der Waals surface area contributed by atoms with E-state index in [0.717, 1.165) is 17.5 Å². The van der Waals surface area contributed by atoms with Crippen molar-refractivity contribution in [1.82, 2.24) is 9.78 Å². The molecule has 0 spiro atoms. The van der Waals surface area contributed by atoms with Gasteiger partial charge in [0.1, 0.15) is 0 Å². The first-order chi connectivity index (χ1) is 4.84. The highest BCUT2D eigenvalue weighted by Gasteiger charge is 2.21. The summed E-state index contributed by atoms with van der Waals surface area (Å²) in [5.74, 6) is 0.871. The van der Waals surface area contributed by atoms with Crippen molar-refractivity contribution in [3.8, 4) is 0 Å². The molecule has 0 N–H and O–H groups in total. The fourth-order valence-electron chi connectivity index (χ4n) is 1.00. The number of nitrogens with zero attached hydrogens (tertiary/aromatic N) is 2. The summed E-state index contributed by atoms with van der Waals surface area (Å²) in [6, 6.07) is 0. The van der Waals surface area contributed by atoms with Crippen LogP contribution in [-0.4, -0.2) is 9.78 Å². The molecule has 2 rings (SSSR count). The maximum absolute atomic E-state index is 5.68. The van der Waals surface area contributed by atoms with E-state index in [2.05, 4.69) is 5.10 Å². The topological polar surface area (TPSA) is 17.8 Å². The minimum atomic E-state index is 0.737. The van der Waals surface area contributed by atoms with Crippen molar-refractivity contribution in [2.45, 2.75) is 19.4 Å². The molecular weight excluding hydrogens is 148 g/mol. The number of hydrogen-bond donors (Lipinski definition) is 0. The number of rotatable bonds is 2. The Hall–Kier alpha value is -0.500. The minimum absolute atomic E-state index is 0.737. The molecule has 1 fully saturated rings. The lowest BCUT2D eigenvalue weighted by Gasteiger charge is -1.95. The Morgan fingerprint density at radius 3 is 3.00 bits per heavy atom. The second kappa shape index (κ2) is 2.27. The number of aromatic nitrogens is 2. The summed E-state index contributed by atoms with van der Waals surface area (Å²) in [6.07, 6.45) is 6.28. The van der Waals surface area contributed by atoms with E-state index in [1.165, 1.54) is 12.8 Å². The Morgan fingerprint density at radius 2 is 2.50 bits per heavy atom. The molecular formula is C7H9ClN2. The van der Waals surface area contributed by atoms with E-state index in [0.29, 0.717) is 0 Å². The normalized spacial score (nSPS) is 17.7. The number of hydrogen-bond acceptors (Lipinski definition) is 1. The third kappa shape index (κ3) is 1.32. The summed E-state index contributed by atoms with van der Waals surface area (Å²) < 4.78 is 1.92. The molecule has 3 heteroatoms. The van der Waals surface area contributed by atoms with Gasteiger partial charge in [-0.1, -0.05) is 11.6 Å². The molecule has 1 aromatic rings. The lowest BCUT2D eigenvalue weighted by atomic mass is 10.4. The Labute approximate surface area is 64.8 Å². The summed E-state index contributed by atoms with van der Waals surface area (Å²) in [6.45, 7) is 1.05. The highest BCUT2D eigenvalue weighted by atomic mass is 35.5. The van der Waals surface area contributed by atoms with Gasteiger partial charge < -0.3 is 0 Å². The van der Waals surface area contributed by atoms with Crippen LogP contribution >= 0.6 is 11.6 Å². The molecule has 0 aliphatic heterocycles. The summed E-state index contributed by atoms with van der Waals surface area (Å²) in [5.41, 5.74) is 0. The van der Waals surface area contributed by atoms with Crippen LogP contribution < -0.4 is 0 Å². The molecule has 0 radical (unpaired) electrons. The molecule has 0 aromatic carbocycles. The van der Waals surface area contributed by atoms with E-state index < -0.39 is 0 Å². The zero-order valence-corrected chi connectivity index (χ0v) is 6.38. The van der Waals surface area contributed by atoms with Crippen molar-refractivity contribution in [3.63, 3.8) is 0 Å². The van der Waals surface area contributed by atoms with Gasteiger partial charge in [-0.15, -0.1) is 0 Å². The molecule has 1 aromatic heterocycles. The van der Waals surface area contributed by atoms with E-state index >= 15 is 0 Å². The second-order valence-electron chi connectivity index (χ2n) is 2.82. The molecule has 0 bridgehead atoms. The van der Waals surface area contributed by atoms with Crippen LogP contribution in [0.15, 0.2) is 12.4 Å². The smallest absolute Gasteiger partial charge is 0.0785 e. The van der Waals surface area contributed by atoms with Crippen molar-refractivity contribution < 1.29 is 0 Å². The summed E-state index contributed by atoms with van der Waals surface area (Å²) in [4.78, 5) is 0. The lowest BCUT2D eigenvalue weighted by Crippen LogP contribution is -1.98. The molecule has 0 saturated heterocycles. The van der Waals surface area contributed by atoms with Crippen LogP contribution in [0.4, 0.5) is 0 Å². The van der Waals surface area contributed by atoms with Gasteiger partial charge in [0.05, 0.1) is 11.2 Å². The molecule has 2 nitrogen and oxygen atoms in total. The van der Waals surface area contributed by atoms with Gasteiger partial charge in [0, 0.05) is 12.7 Å². The van der Waals surface area contributed by atoms with E-state index in [1.807, 2.05) is 10.9 Å². The predicted molar refractivity (Wildman–Crippen MR) is 40.0 cm³/mol. The zero-order valence-electron chi connectivity index (χ0n) is 5.63. The Kier molecular flexibility index (Phi) is 1.42. The van der Waals surface area contributed by atoms with Crippen LogP contribution in [0.3, 0.4) is 0 Å². The van der Waals surface area contributed by atoms with Gasteiger partial charge in [-0.3, -0.25) is 4.68 Å². The maximum atomic E-state index is 5.68. The molecule has 10 heavy (non-hydrogen) atoms. The molecule has 0 atom stereocenters. The standard InChI is InChI=1S/C7H9ClN2/c8-7-3-9-10(5-7)4-6-1-2-6/h3,5-6H,1-2,4H2. The van der Waals surface area contributed by atoms with Crippen LogP contribution in [0.25, 0.3) is 0 Å². The molecule has 1 heterocycles. The molecule has 0 unspecified atom stereocenters. The SMILES string of the molecule is Clc1cnn(CC2CC2)c1. The highest BCUT2D eigenvalue weighted by Crippen LogP contribution is 2.30.